The number of carbonyl (C=O) groups is 1. The maximum absolute atomic E-state index is 11.5. The van der Waals surface area contributed by atoms with Gasteiger partial charge in [-0.1, -0.05) is 12.1 Å². The first-order chi connectivity index (χ1) is 9.16. The number of ketones is 1. The van der Waals surface area contributed by atoms with Crippen molar-refractivity contribution in [3.05, 3.63) is 35.5 Å². The van der Waals surface area contributed by atoms with Gasteiger partial charge in [0, 0.05) is 29.7 Å². The lowest BCUT2D eigenvalue weighted by atomic mass is 9.90. The molecule has 0 bridgehead atoms. The van der Waals surface area contributed by atoms with Crippen LogP contribution in [0.15, 0.2) is 24.4 Å². The number of piperidine rings is 1. The smallest absolute Gasteiger partial charge is 0.159 e. The predicted molar refractivity (Wildman–Crippen MR) is 77.8 cm³/mol. The second-order valence-electron chi connectivity index (χ2n) is 5.51. The highest BCUT2D eigenvalue weighted by molar-refractivity contribution is 5.98. The van der Waals surface area contributed by atoms with Gasteiger partial charge in [-0.15, -0.1) is 0 Å². The van der Waals surface area contributed by atoms with Crippen LogP contribution in [0.5, 0.6) is 0 Å². The summed E-state index contributed by atoms with van der Waals surface area (Å²) in [5.74, 6) is 0.777. The van der Waals surface area contributed by atoms with E-state index in [1.54, 1.807) is 6.92 Å². The Bertz CT molecular complexity index is 621. The van der Waals surface area contributed by atoms with Crippen molar-refractivity contribution in [3.8, 4) is 0 Å². The molecule has 3 nitrogen and oxygen atoms in total. The number of aromatic nitrogens is 1. The fourth-order valence-corrected chi connectivity index (χ4v) is 3.09. The van der Waals surface area contributed by atoms with E-state index < -0.39 is 0 Å². The normalized spacial score (nSPS) is 16.9. The lowest BCUT2D eigenvalue weighted by Crippen LogP contribution is -2.26. The van der Waals surface area contributed by atoms with Crippen LogP contribution in [0.3, 0.4) is 0 Å². The van der Waals surface area contributed by atoms with Crippen LogP contribution in [0.2, 0.25) is 0 Å². The SMILES string of the molecule is CC(=O)c1ccc2c(C3CCNCC3)cn(C)c2c1. The maximum atomic E-state index is 11.5. The number of nitrogens with one attached hydrogen (secondary N) is 1. The summed E-state index contributed by atoms with van der Waals surface area (Å²) in [4.78, 5) is 11.5. The molecule has 0 radical (unpaired) electrons. The summed E-state index contributed by atoms with van der Waals surface area (Å²) in [6, 6.07) is 6.08. The lowest BCUT2D eigenvalue weighted by molar-refractivity contribution is 0.101. The Morgan fingerprint density at radius 1 is 1.32 bits per heavy atom. The Balaban J connectivity index is 2.08. The number of hydrogen-bond acceptors (Lipinski definition) is 2. The summed E-state index contributed by atoms with van der Waals surface area (Å²) in [5.41, 5.74) is 3.40. The second kappa shape index (κ2) is 4.82. The van der Waals surface area contributed by atoms with Crippen LogP contribution < -0.4 is 5.32 Å². The summed E-state index contributed by atoms with van der Waals surface area (Å²) in [5, 5.41) is 4.72. The molecule has 0 aliphatic carbocycles. The Morgan fingerprint density at radius 3 is 2.74 bits per heavy atom. The van der Waals surface area contributed by atoms with Crippen LogP contribution in [-0.4, -0.2) is 23.4 Å². The summed E-state index contributed by atoms with van der Waals surface area (Å²) in [6.07, 6.45) is 4.64. The second-order valence-corrected chi connectivity index (χ2v) is 5.51. The van der Waals surface area contributed by atoms with E-state index in [1.165, 1.54) is 29.3 Å². The molecule has 0 amide bonds. The number of hydrogen-bond donors (Lipinski definition) is 1. The fourth-order valence-electron chi connectivity index (χ4n) is 3.09. The zero-order valence-electron chi connectivity index (χ0n) is 11.6. The highest BCUT2D eigenvalue weighted by Gasteiger charge is 2.19. The van der Waals surface area contributed by atoms with E-state index in [4.69, 9.17) is 0 Å². The van der Waals surface area contributed by atoms with Crippen molar-refractivity contribution in [2.45, 2.75) is 25.7 Å². The van der Waals surface area contributed by atoms with E-state index in [1.807, 2.05) is 12.1 Å². The van der Waals surface area contributed by atoms with Gasteiger partial charge in [0.2, 0.25) is 0 Å². The van der Waals surface area contributed by atoms with Gasteiger partial charge in [-0.05, 0) is 50.4 Å². The van der Waals surface area contributed by atoms with E-state index in [0.717, 1.165) is 18.7 Å². The molecule has 1 aromatic heterocycles. The Labute approximate surface area is 113 Å². The van der Waals surface area contributed by atoms with Crippen LogP contribution in [0.4, 0.5) is 0 Å². The molecule has 1 N–H and O–H groups in total. The number of fused-ring (bicyclic) bond motifs is 1. The van der Waals surface area contributed by atoms with Crippen molar-refractivity contribution < 1.29 is 4.79 Å². The number of carbonyl (C=O) groups excluding carboxylic acids is 1. The van der Waals surface area contributed by atoms with E-state index >= 15 is 0 Å². The van der Waals surface area contributed by atoms with Crippen molar-refractivity contribution in [1.82, 2.24) is 9.88 Å². The number of Topliss-reactive ketones (excluding diaryl/α,β-unsaturated/α-hetero) is 1. The Hall–Kier alpha value is -1.61. The van der Waals surface area contributed by atoms with Crippen LogP contribution in [0.1, 0.15) is 41.6 Å². The van der Waals surface area contributed by atoms with Crippen LogP contribution in [0.25, 0.3) is 10.9 Å². The van der Waals surface area contributed by atoms with Gasteiger partial charge in [0.25, 0.3) is 0 Å². The quantitative estimate of drug-likeness (QED) is 0.838. The highest BCUT2D eigenvalue weighted by atomic mass is 16.1. The first-order valence-electron chi connectivity index (χ1n) is 6.97. The van der Waals surface area contributed by atoms with E-state index in [-0.39, 0.29) is 5.78 Å². The van der Waals surface area contributed by atoms with Gasteiger partial charge in [-0.2, -0.15) is 0 Å². The van der Waals surface area contributed by atoms with Crippen LogP contribution in [-0.2, 0) is 7.05 Å². The molecule has 100 valence electrons. The molecule has 3 rings (SSSR count). The predicted octanol–water partition coefficient (Wildman–Crippen LogP) is 2.85. The first kappa shape index (κ1) is 12.4. The standard InChI is InChI=1S/C16H20N2O/c1-11(19)13-3-4-14-15(10-18(2)16(14)9-13)12-5-7-17-8-6-12/h3-4,9-10,12,17H,5-8H2,1-2H3. The van der Waals surface area contributed by atoms with Crippen molar-refractivity contribution in [2.24, 2.45) is 7.05 Å². The molecule has 2 aromatic rings. The van der Waals surface area contributed by atoms with Gasteiger partial charge in [-0.25, -0.2) is 0 Å². The number of benzene rings is 1. The van der Waals surface area contributed by atoms with Gasteiger partial charge >= 0.3 is 0 Å². The molecule has 0 spiro atoms. The van der Waals surface area contributed by atoms with Gasteiger partial charge in [0.15, 0.2) is 5.78 Å². The summed E-state index contributed by atoms with van der Waals surface area (Å²) >= 11 is 0. The number of nitrogens with zero attached hydrogens (tertiary/aromatic N) is 1. The minimum absolute atomic E-state index is 0.131. The average molecular weight is 256 g/mol. The third kappa shape index (κ3) is 2.19. The number of rotatable bonds is 2. The molecular formula is C16H20N2O. The fraction of sp³-hybridized carbons (Fsp3) is 0.438. The zero-order chi connectivity index (χ0) is 13.4. The van der Waals surface area contributed by atoms with E-state index in [9.17, 15) is 4.79 Å². The third-order valence-corrected chi connectivity index (χ3v) is 4.21. The summed E-state index contributed by atoms with van der Waals surface area (Å²) in [7, 11) is 2.07. The molecule has 1 saturated heterocycles. The molecule has 0 atom stereocenters. The van der Waals surface area contributed by atoms with Gasteiger partial charge < -0.3 is 9.88 Å². The largest absolute Gasteiger partial charge is 0.350 e. The van der Waals surface area contributed by atoms with Crippen molar-refractivity contribution >= 4 is 16.7 Å². The lowest BCUT2D eigenvalue weighted by Gasteiger charge is -2.22. The van der Waals surface area contributed by atoms with Gasteiger partial charge in [0.1, 0.15) is 0 Å². The van der Waals surface area contributed by atoms with Crippen LogP contribution in [0, 0.1) is 0 Å². The van der Waals surface area contributed by atoms with Crippen molar-refractivity contribution in [3.63, 3.8) is 0 Å². The Kier molecular flexibility index (Phi) is 3.15. The molecule has 2 heterocycles. The summed E-state index contributed by atoms with van der Waals surface area (Å²) in [6.45, 7) is 3.83. The molecule has 1 aliphatic heterocycles. The Morgan fingerprint density at radius 2 is 2.05 bits per heavy atom. The monoisotopic (exact) mass is 256 g/mol. The molecule has 19 heavy (non-hydrogen) atoms. The van der Waals surface area contributed by atoms with E-state index in [0.29, 0.717) is 5.92 Å². The first-order valence-corrected chi connectivity index (χ1v) is 6.97. The van der Waals surface area contributed by atoms with Gasteiger partial charge in [-0.3, -0.25) is 4.79 Å². The van der Waals surface area contributed by atoms with Crippen LogP contribution >= 0.6 is 0 Å². The minimum Gasteiger partial charge on any atom is -0.350 e. The van der Waals surface area contributed by atoms with E-state index in [2.05, 4.69) is 29.2 Å². The molecule has 3 heteroatoms. The molecular weight excluding hydrogens is 236 g/mol. The molecule has 1 fully saturated rings. The van der Waals surface area contributed by atoms with Gasteiger partial charge in [0.05, 0.1) is 0 Å². The topological polar surface area (TPSA) is 34.0 Å². The molecule has 0 saturated carbocycles. The van der Waals surface area contributed by atoms with Crippen molar-refractivity contribution in [2.75, 3.05) is 13.1 Å². The molecule has 1 aliphatic rings. The molecule has 0 unspecified atom stereocenters. The zero-order valence-corrected chi connectivity index (χ0v) is 11.6. The molecule has 1 aromatic carbocycles. The number of aryl methyl sites for hydroxylation is 1. The minimum atomic E-state index is 0.131. The summed E-state index contributed by atoms with van der Waals surface area (Å²) < 4.78 is 2.15. The maximum Gasteiger partial charge on any atom is 0.159 e. The average Bonchev–Trinajstić information content (AvgIpc) is 2.77. The third-order valence-electron chi connectivity index (χ3n) is 4.21. The van der Waals surface area contributed by atoms with Crippen molar-refractivity contribution in [1.29, 1.82) is 0 Å². The highest BCUT2D eigenvalue weighted by Crippen LogP contribution is 2.33.